The van der Waals surface area contributed by atoms with Gasteiger partial charge in [-0.05, 0) is 49.3 Å². The molecule has 3 unspecified atom stereocenters. The van der Waals surface area contributed by atoms with Gasteiger partial charge in [-0.15, -0.1) is 0 Å². The maximum atomic E-state index is 12.0. The molecule has 0 spiro atoms. The Kier molecular flexibility index (Phi) is 4.73. The number of nitrogens with one attached hydrogen (secondary N) is 1. The molecule has 1 N–H and O–H groups in total. The predicted octanol–water partition coefficient (Wildman–Crippen LogP) is 3.45. The van der Waals surface area contributed by atoms with E-state index < -0.39 is 0 Å². The normalized spacial score (nSPS) is 24.9. The van der Waals surface area contributed by atoms with Gasteiger partial charge in [0.05, 0.1) is 30.5 Å². The zero-order valence-corrected chi connectivity index (χ0v) is 17.2. The summed E-state index contributed by atoms with van der Waals surface area (Å²) >= 11 is 0. The van der Waals surface area contributed by atoms with E-state index in [2.05, 4.69) is 34.7 Å². The van der Waals surface area contributed by atoms with E-state index >= 15 is 0 Å². The summed E-state index contributed by atoms with van der Waals surface area (Å²) in [5.41, 5.74) is 5.35. The Morgan fingerprint density at radius 2 is 2.20 bits per heavy atom. The molecule has 0 bridgehead atoms. The third-order valence-corrected chi connectivity index (χ3v) is 6.22. The first-order chi connectivity index (χ1) is 14.6. The van der Waals surface area contributed by atoms with Crippen LogP contribution in [0.15, 0.2) is 58.3 Å². The van der Waals surface area contributed by atoms with Gasteiger partial charge in [0, 0.05) is 24.5 Å². The van der Waals surface area contributed by atoms with Crippen LogP contribution in [-0.4, -0.2) is 40.6 Å². The molecule has 0 amide bonds. The van der Waals surface area contributed by atoms with Gasteiger partial charge < -0.3 is 10.1 Å². The summed E-state index contributed by atoms with van der Waals surface area (Å²) in [6, 6.07) is 8.32. The van der Waals surface area contributed by atoms with E-state index in [9.17, 15) is 4.79 Å². The van der Waals surface area contributed by atoms with Gasteiger partial charge >= 0.3 is 5.97 Å². The van der Waals surface area contributed by atoms with Crippen molar-refractivity contribution in [2.75, 3.05) is 12.4 Å². The lowest BCUT2D eigenvalue weighted by atomic mass is 9.70. The van der Waals surface area contributed by atoms with Crippen molar-refractivity contribution in [3.8, 4) is 0 Å². The maximum absolute atomic E-state index is 12.0. The van der Waals surface area contributed by atoms with E-state index in [0.29, 0.717) is 0 Å². The SMILES string of the molecule is COC(=O)C1CCC1c1cccc(NC2N=C(c3cnn(C)c3)N=C3CCC=C32)c1. The van der Waals surface area contributed by atoms with Crippen LogP contribution in [0.1, 0.15) is 42.7 Å². The zero-order valence-electron chi connectivity index (χ0n) is 17.2. The van der Waals surface area contributed by atoms with Crippen LogP contribution in [0, 0.1) is 5.92 Å². The molecule has 3 aliphatic rings. The highest BCUT2D eigenvalue weighted by atomic mass is 16.5. The second-order valence-electron chi connectivity index (χ2n) is 8.10. The van der Waals surface area contributed by atoms with Crippen LogP contribution in [-0.2, 0) is 16.6 Å². The molecule has 2 heterocycles. The first-order valence-electron chi connectivity index (χ1n) is 10.4. The number of nitrogens with zero attached hydrogens (tertiary/aromatic N) is 4. The number of methoxy groups -OCH3 is 1. The number of hydrogen-bond acceptors (Lipinski definition) is 6. The molecule has 3 atom stereocenters. The van der Waals surface area contributed by atoms with Crippen molar-refractivity contribution < 1.29 is 9.53 Å². The molecule has 30 heavy (non-hydrogen) atoms. The molecule has 7 heteroatoms. The van der Waals surface area contributed by atoms with Crippen molar-refractivity contribution in [2.24, 2.45) is 23.0 Å². The highest BCUT2D eigenvalue weighted by Crippen LogP contribution is 2.43. The van der Waals surface area contributed by atoms with Crippen LogP contribution >= 0.6 is 0 Å². The number of anilines is 1. The minimum absolute atomic E-state index is 0.0357. The van der Waals surface area contributed by atoms with Crippen LogP contribution in [0.3, 0.4) is 0 Å². The molecular formula is C23H25N5O2. The van der Waals surface area contributed by atoms with Gasteiger partial charge in [0.1, 0.15) is 6.17 Å². The topological polar surface area (TPSA) is 80.9 Å². The summed E-state index contributed by atoms with van der Waals surface area (Å²) < 4.78 is 6.72. The third-order valence-electron chi connectivity index (χ3n) is 6.22. The lowest BCUT2D eigenvalue weighted by Crippen LogP contribution is -2.32. The van der Waals surface area contributed by atoms with Crippen molar-refractivity contribution in [3.05, 3.63) is 59.4 Å². The van der Waals surface area contributed by atoms with Gasteiger partial charge in [0.2, 0.25) is 0 Å². The van der Waals surface area contributed by atoms with Crippen LogP contribution in [0.5, 0.6) is 0 Å². The minimum atomic E-state index is -0.178. The summed E-state index contributed by atoms with van der Waals surface area (Å²) in [5, 5.41) is 7.84. The standard InChI is InChI=1S/C23H25N5O2/c1-28-13-15(12-24-28)21-26-20-8-4-7-19(20)22(27-21)25-16-6-3-5-14(11-16)17-9-10-18(17)23(29)30-2/h3,5-7,11-13,17-18,22,25H,4,8-10H2,1-2H3. The number of aromatic nitrogens is 2. The van der Waals surface area contributed by atoms with E-state index in [4.69, 9.17) is 14.7 Å². The zero-order chi connectivity index (χ0) is 20.7. The number of fused-ring (bicyclic) bond motifs is 1. The number of hydrogen-bond donors (Lipinski definition) is 1. The quantitative estimate of drug-likeness (QED) is 0.776. The summed E-state index contributed by atoms with van der Waals surface area (Å²) in [4.78, 5) is 21.7. The Bertz CT molecular complexity index is 1080. The second kappa shape index (κ2) is 7.55. The molecule has 154 valence electrons. The van der Waals surface area contributed by atoms with Gasteiger partial charge in [-0.2, -0.15) is 5.10 Å². The Labute approximate surface area is 175 Å². The lowest BCUT2D eigenvalue weighted by molar-refractivity contribution is -0.149. The summed E-state index contributed by atoms with van der Waals surface area (Å²) in [6.07, 6.45) is 9.62. The molecule has 0 radical (unpaired) electrons. The molecule has 5 rings (SSSR count). The number of aryl methyl sites for hydroxylation is 1. The van der Waals surface area contributed by atoms with E-state index in [1.807, 2.05) is 19.3 Å². The van der Waals surface area contributed by atoms with E-state index in [0.717, 1.165) is 54.1 Å². The number of benzene rings is 1. The van der Waals surface area contributed by atoms with E-state index in [1.165, 1.54) is 12.7 Å². The molecular weight excluding hydrogens is 378 g/mol. The molecule has 1 saturated carbocycles. The first-order valence-corrected chi connectivity index (χ1v) is 10.4. The number of rotatable bonds is 5. The molecule has 7 nitrogen and oxygen atoms in total. The number of allylic oxidation sites excluding steroid dienone is 1. The van der Waals surface area contributed by atoms with Gasteiger partial charge in [-0.3, -0.25) is 9.48 Å². The van der Waals surface area contributed by atoms with Crippen molar-refractivity contribution in [1.29, 1.82) is 0 Å². The molecule has 1 aromatic carbocycles. The van der Waals surface area contributed by atoms with E-state index in [1.54, 1.807) is 10.9 Å². The van der Waals surface area contributed by atoms with Gasteiger partial charge in [0.25, 0.3) is 0 Å². The Hall–Kier alpha value is -3.22. The van der Waals surface area contributed by atoms with Crippen molar-refractivity contribution in [1.82, 2.24) is 9.78 Å². The highest BCUT2D eigenvalue weighted by molar-refractivity contribution is 6.16. The van der Waals surface area contributed by atoms with Crippen molar-refractivity contribution in [2.45, 2.75) is 37.8 Å². The number of aliphatic imine (C=N–C) groups is 2. The van der Waals surface area contributed by atoms with E-state index in [-0.39, 0.29) is 24.0 Å². The number of esters is 1. The molecule has 1 aliphatic heterocycles. The van der Waals surface area contributed by atoms with Crippen molar-refractivity contribution >= 4 is 23.2 Å². The molecule has 1 fully saturated rings. The molecule has 1 aromatic heterocycles. The lowest BCUT2D eigenvalue weighted by Gasteiger charge is -2.35. The second-order valence-corrected chi connectivity index (χ2v) is 8.10. The van der Waals surface area contributed by atoms with Crippen LogP contribution in [0.2, 0.25) is 0 Å². The monoisotopic (exact) mass is 403 g/mol. The number of carbonyl (C=O) groups excluding carboxylic acids is 1. The average molecular weight is 403 g/mol. The summed E-state index contributed by atoms with van der Waals surface area (Å²) in [7, 11) is 3.36. The Morgan fingerprint density at radius 3 is 2.93 bits per heavy atom. The van der Waals surface area contributed by atoms with Gasteiger partial charge in [0.15, 0.2) is 5.84 Å². The Balaban J connectivity index is 1.40. The molecule has 0 saturated heterocycles. The Morgan fingerprint density at radius 1 is 1.30 bits per heavy atom. The number of ether oxygens (including phenoxy) is 1. The fourth-order valence-electron chi connectivity index (χ4n) is 4.50. The van der Waals surface area contributed by atoms with Gasteiger partial charge in [-0.25, -0.2) is 9.98 Å². The van der Waals surface area contributed by atoms with Crippen LogP contribution in [0.25, 0.3) is 0 Å². The predicted molar refractivity (Wildman–Crippen MR) is 116 cm³/mol. The smallest absolute Gasteiger partial charge is 0.309 e. The largest absolute Gasteiger partial charge is 0.469 e. The minimum Gasteiger partial charge on any atom is -0.469 e. The third kappa shape index (κ3) is 3.34. The summed E-state index contributed by atoms with van der Waals surface area (Å²) in [6.45, 7) is 0. The number of carbonyl (C=O) groups is 1. The van der Waals surface area contributed by atoms with Gasteiger partial charge in [-0.1, -0.05) is 18.2 Å². The highest BCUT2D eigenvalue weighted by Gasteiger charge is 2.38. The molecule has 2 aliphatic carbocycles. The maximum Gasteiger partial charge on any atom is 0.309 e. The molecule has 2 aromatic rings. The fourth-order valence-corrected chi connectivity index (χ4v) is 4.50. The fraction of sp³-hybridized carbons (Fsp3) is 0.391. The van der Waals surface area contributed by atoms with Crippen molar-refractivity contribution in [3.63, 3.8) is 0 Å². The summed E-state index contributed by atoms with van der Waals surface area (Å²) in [5.74, 6) is 0.796. The first kappa shape index (κ1) is 18.8. The van der Waals surface area contributed by atoms with Crippen LogP contribution < -0.4 is 5.32 Å². The van der Waals surface area contributed by atoms with Crippen LogP contribution in [0.4, 0.5) is 5.69 Å². The average Bonchev–Trinajstić information content (AvgIpc) is 3.36. The number of amidine groups is 1.